The number of nitrogens with one attached hydrogen (secondary N) is 1. The SMILES string of the molecule is Cc1ccc(NC(=O)COC(=O)c2nn(C(C)C)c(=O)c3ccccc23)cc1S(=O)(=O)N(C)C. The van der Waals surface area contributed by atoms with Gasteiger partial charge in [-0.3, -0.25) is 9.59 Å². The van der Waals surface area contributed by atoms with Gasteiger partial charge in [0.25, 0.3) is 11.5 Å². The standard InChI is InChI=1S/C23H26N4O6S/c1-14(2)27-22(29)18-9-7-6-8-17(18)21(25-27)23(30)33-13-20(28)24-16-11-10-15(3)19(12-16)34(31,32)26(4)5/h6-12,14H,13H2,1-5H3,(H,24,28). The van der Waals surface area contributed by atoms with Gasteiger partial charge in [0, 0.05) is 25.2 Å². The van der Waals surface area contributed by atoms with E-state index >= 15 is 0 Å². The molecule has 34 heavy (non-hydrogen) atoms. The van der Waals surface area contributed by atoms with Gasteiger partial charge in [0.2, 0.25) is 10.0 Å². The Morgan fingerprint density at radius 1 is 1.12 bits per heavy atom. The number of carbonyl (C=O) groups is 2. The largest absolute Gasteiger partial charge is 0.451 e. The van der Waals surface area contributed by atoms with Gasteiger partial charge < -0.3 is 10.1 Å². The average molecular weight is 487 g/mol. The molecule has 0 unspecified atom stereocenters. The molecule has 0 spiro atoms. The van der Waals surface area contributed by atoms with Crippen LogP contribution < -0.4 is 10.9 Å². The fourth-order valence-corrected chi connectivity index (χ4v) is 4.40. The molecule has 0 aliphatic heterocycles. The van der Waals surface area contributed by atoms with Crippen LogP contribution in [-0.2, 0) is 19.6 Å². The maximum atomic E-state index is 12.7. The zero-order valence-electron chi connectivity index (χ0n) is 19.5. The zero-order chi connectivity index (χ0) is 25.2. The smallest absolute Gasteiger partial charge is 0.359 e. The molecule has 180 valence electrons. The summed E-state index contributed by atoms with van der Waals surface area (Å²) in [6.07, 6.45) is 0. The van der Waals surface area contributed by atoms with Crippen molar-refractivity contribution in [2.75, 3.05) is 26.0 Å². The molecule has 1 heterocycles. The number of carbonyl (C=O) groups excluding carboxylic acids is 2. The third-order valence-corrected chi connectivity index (χ3v) is 7.03. The Kier molecular flexibility index (Phi) is 7.18. The molecule has 0 fully saturated rings. The van der Waals surface area contributed by atoms with Crippen molar-refractivity contribution in [3.05, 3.63) is 64.1 Å². The van der Waals surface area contributed by atoms with Crippen LogP contribution in [0.25, 0.3) is 10.8 Å². The van der Waals surface area contributed by atoms with Gasteiger partial charge in [-0.2, -0.15) is 5.10 Å². The van der Waals surface area contributed by atoms with Crippen molar-refractivity contribution in [1.29, 1.82) is 0 Å². The molecule has 1 N–H and O–H groups in total. The molecule has 3 aromatic rings. The van der Waals surface area contributed by atoms with Crippen molar-refractivity contribution in [2.45, 2.75) is 31.7 Å². The number of anilines is 1. The lowest BCUT2D eigenvalue weighted by atomic mass is 10.1. The van der Waals surface area contributed by atoms with Crippen LogP contribution in [0.3, 0.4) is 0 Å². The highest BCUT2D eigenvalue weighted by Gasteiger charge is 2.22. The van der Waals surface area contributed by atoms with Crippen LogP contribution in [0.2, 0.25) is 0 Å². The van der Waals surface area contributed by atoms with Crippen LogP contribution in [0.15, 0.2) is 52.2 Å². The van der Waals surface area contributed by atoms with Crippen molar-refractivity contribution in [2.24, 2.45) is 0 Å². The van der Waals surface area contributed by atoms with Crippen LogP contribution in [0.1, 0.15) is 35.9 Å². The molecule has 0 aliphatic rings. The highest BCUT2D eigenvalue weighted by molar-refractivity contribution is 7.89. The summed E-state index contributed by atoms with van der Waals surface area (Å²) in [6.45, 7) is 4.55. The molecule has 2 aromatic carbocycles. The number of hydrogen-bond donors (Lipinski definition) is 1. The maximum absolute atomic E-state index is 12.7. The van der Waals surface area contributed by atoms with Crippen molar-refractivity contribution in [1.82, 2.24) is 14.1 Å². The van der Waals surface area contributed by atoms with Gasteiger partial charge in [-0.15, -0.1) is 0 Å². The number of aryl methyl sites for hydroxylation is 1. The normalized spacial score (nSPS) is 11.7. The number of benzene rings is 2. The number of ether oxygens (including phenoxy) is 1. The predicted molar refractivity (Wildman–Crippen MR) is 127 cm³/mol. The Hall–Kier alpha value is -3.57. The lowest BCUT2D eigenvalue weighted by Gasteiger charge is -2.15. The molecule has 0 aliphatic carbocycles. The molecule has 0 radical (unpaired) electrons. The Morgan fingerprint density at radius 3 is 2.38 bits per heavy atom. The molecule has 1 amide bonds. The van der Waals surface area contributed by atoms with E-state index < -0.39 is 28.5 Å². The van der Waals surface area contributed by atoms with Gasteiger partial charge in [0.1, 0.15) is 0 Å². The van der Waals surface area contributed by atoms with E-state index in [1.165, 1.54) is 24.8 Å². The van der Waals surface area contributed by atoms with E-state index in [0.717, 1.165) is 4.31 Å². The van der Waals surface area contributed by atoms with Crippen molar-refractivity contribution >= 4 is 38.4 Å². The summed E-state index contributed by atoms with van der Waals surface area (Å²) in [7, 11) is -0.870. The minimum Gasteiger partial charge on any atom is -0.451 e. The number of amides is 1. The van der Waals surface area contributed by atoms with Crippen LogP contribution in [0.5, 0.6) is 0 Å². The van der Waals surface area contributed by atoms with Gasteiger partial charge in [0.05, 0.1) is 16.3 Å². The van der Waals surface area contributed by atoms with Gasteiger partial charge in [-0.1, -0.05) is 24.3 Å². The second-order valence-corrected chi connectivity index (χ2v) is 10.2. The minimum atomic E-state index is -3.70. The topological polar surface area (TPSA) is 128 Å². The summed E-state index contributed by atoms with van der Waals surface area (Å²) in [5.74, 6) is -1.52. The second kappa shape index (κ2) is 9.74. The van der Waals surface area contributed by atoms with E-state index in [1.807, 2.05) is 0 Å². The third kappa shape index (κ3) is 5.00. The Morgan fingerprint density at radius 2 is 1.76 bits per heavy atom. The molecule has 11 heteroatoms. The van der Waals surface area contributed by atoms with Crippen LogP contribution in [-0.4, -0.2) is 55.1 Å². The number of rotatable bonds is 7. The molecule has 1 aromatic heterocycles. The summed E-state index contributed by atoms with van der Waals surface area (Å²) < 4.78 is 32.4. The number of aromatic nitrogens is 2. The molecule has 10 nitrogen and oxygen atoms in total. The first kappa shape index (κ1) is 25.1. The Labute approximate surface area is 197 Å². The number of fused-ring (bicyclic) bond motifs is 1. The van der Waals surface area contributed by atoms with E-state index in [4.69, 9.17) is 4.74 Å². The van der Waals surface area contributed by atoms with E-state index in [9.17, 15) is 22.8 Å². The third-order valence-electron chi connectivity index (χ3n) is 5.08. The number of hydrogen-bond acceptors (Lipinski definition) is 7. The van der Waals surface area contributed by atoms with E-state index in [-0.39, 0.29) is 27.9 Å². The van der Waals surface area contributed by atoms with Gasteiger partial charge in [0.15, 0.2) is 12.3 Å². The number of esters is 1. The van der Waals surface area contributed by atoms with Crippen LogP contribution in [0.4, 0.5) is 5.69 Å². The van der Waals surface area contributed by atoms with Gasteiger partial charge in [-0.25, -0.2) is 22.2 Å². The first-order valence-corrected chi connectivity index (χ1v) is 11.9. The zero-order valence-corrected chi connectivity index (χ0v) is 20.3. The number of nitrogens with zero attached hydrogens (tertiary/aromatic N) is 3. The highest BCUT2D eigenvalue weighted by Crippen LogP contribution is 2.22. The van der Waals surface area contributed by atoms with Crippen molar-refractivity contribution in [3.63, 3.8) is 0 Å². The van der Waals surface area contributed by atoms with Crippen molar-refractivity contribution in [3.8, 4) is 0 Å². The van der Waals surface area contributed by atoms with E-state index in [2.05, 4.69) is 10.4 Å². The van der Waals surface area contributed by atoms with E-state index in [0.29, 0.717) is 16.3 Å². The Balaban J connectivity index is 1.79. The summed E-state index contributed by atoms with van der Waals surface area (Å²) in [5, 5.41) is 7.32. The summed E-state index contributed by atoms with van der Waals surface area (Å²) in [4.78, 5) is 37.8. The molecule has 3 rings (SSSR count). The molecule has 0 saturated heterocycles. The molecular formula is C23H26N4O6S. The van der Waals surface area contributed by atoms with Gasteiger partial charge in [-0.05, 0) is 44.5 Å². The average Bonchev–Trinajstić information content (AvgIpc) is 2.78. The minimum absolute atomic E-state index is 0.0545. The first-order chi connectivity index (χ1) is 15.9. The summed E-state index contributed by atoms with van der Waals surface area (Å²) >= 11 is 0. The maximum Gasteiger partial charge on any atom is 0.359 e. The predicted octanol–water partition coefficient (Wildman–Crippen LogP) is 2.33. The highest BCUT2D eigenvalue weighted by atomic mass is 32.2. The molecule has 0 bridgehead atoms. The quantitative estimate of drug-likeness (QED) is 0.508. The van der Waals surface area contributed by atoms with Crippen LogP contribution >= 0.6 is 0 Å². The Bertz CT molecular complexity index is 1430. The fourth-order valence-electron chi connectivity index (χ4n) is 3.26. The summed E-state index contributed by atoms with van der Waals surface area (Å²) in [5.41, 5.74) is 0.356. The van der Waals surface area contributed by atoms with E-state index in [1.54, 1.807) is 57.2 Å². The molecule has 0 saturated carbocycles. The summed E-state index contributed by atoms with van der Waals surface area (Å²) in [6, 6.07) is 10.7. The molecular weight excluding hydrogens is 460 g/mol. The second-order valence-electron chi connectivity index (χ2n) is 8.13. The number of sulfonamides is 1. The monoisotopic (exact) mass is 486 g/mol. The lowest BCUT2D eigenvalue weighted by molar-refractivity contribution is -0.119. The first-order valence-electron chi connectivity index (χ1n) is 10.4. The van der Waals surface area contributed by atoms with Crippen molar-refractivity contribution < 1.29 is 22.7 Å². The fraction of sp³-hybridized carbons (Fsp3) is 0.304. The van der Waals surface area contributed by atoms with Crippen LogP contribution in [0, 0.1) is 6.92 Å². The lowest BCUT2D eigenvalue weighted by Crippen LogP contribution is -2.29. The van der Waals surface area contributed by atoms with Gasteiger partial charge >= 0.3 is 5.97 Å². The molecule has 0 atom stereocenters.